The molecule has 0 bridgehead atoms. The fraction of sp³-hybridized carbons (Fsp3) is 0.240. The number of carbonyl (C=O) groups excluding carboxylic acids is 4. The largest absolute Gasteiger partial charge is 0.490 e. The Morgan fingerprint density at radius 3 is 1.86 bits per heavy atom. The summed E-state index contributed by atoms with van der Waals surface area (Å²) in [5.41, 5.74) is 22.3. The maximum absolute atomic E-state index is 13.4. The van der Waals surface area contributed by atoms with Gasteiger partial charge in [0.15, 0.2) is 6.10 Å². The summed E-state index contributed by atoms with van der Waals surface area (Å²) in [6.07, 6.45) is 0.750. The highest BCUT2D eigenvalue weighted by atomic mass is 35.5. The molecule has 0 fully saturated rings. The fourth-order valence-electron chi connectivity index (χ4n) is 6.70. The predicted molar refractivity (Wildman–Crippen MR) is 258 cm³/mol. The summed E-state index contributed by atoms with van der Waals surface area (Å²) in [7, 11) is 0. The number of aromatic nitrogens is 2. The second-order valence-corrected chi connectivity index (χ2v) is 17.1. The third-order valence-corrected chi connectivity index (χ3v) is 11.6. The maximum atomic E-state index is 13.4. The zero-order chi connectivity index (χ0) is 49.5. The molecule has 4 aromatic carbocycles. The average molecular weight is 971 g/mol. The maximum Gasteiger partial charge on any atom is 0.328 e. The van der Waals surface area contributed by atoms with Gasteiger partial charge in [-0.15, -0.1) is 0 Å². The molecule has 5 atom stereocenters. The van der Waals surface area contributed by atoms with Crippen LogP contribution < -0.4 is 32.6 Å². The summed E-state index contributed by atoms with van der Waals surface area (Å²) < 4.78 is 22.8. The number of nitrogens with zero attached hydrogens (tertiary/aromatic N) is 4. The number of oxazole rings is 1. The topological polar surface area (TPSA) is 285 Å². The first kappa shape index (κ1) is 50.7. The minimum atomic E-state index is -1.22. The Kier molecular flexibility index (Phi) is 17.9. The number of pyridine rings is 1. The molecule has 17 nitrogen and oxygen atoms in total. The van der Waals surface area contributed by atoms with Crippen molar-refractivity contribution in [1.29, 1.82) is 10.5 Å². The van der Waals surface area contributed by atoms with Crippen molar-refractivity contribution in [3.05, 3.63) is 148 Å². The minimum absolute atomic E-state index is 0.00403. The van der Waals surface area contributed by atoms with Crippen molar-refractivity contribution < 1.29 is 37.8 Å². The van der Waals surface area contributed by atoms with Gasteiger partial charge in [0, 0.05) is 21.9 Å². The number of esters is 2. The van der Waals surface area contributed by atoms with Gasteiger partial charge in [-0.25, -0.2) is 19.6 Å². The molecule has 354 valence electrons. The van der Waals surface area contributed by atoms with Crippen molar-refractivity contribution in [2.45, 2.75) is 67.7 Å². The molecule has 6 rings (SSSR count). The van der Waals surface area contributed by atoms with E-state index in [0.717, 1.165) is 16.7 Å². The van der Waals surface area contributed by atoms with E-state index in [2.05, 4.69) is 32.7 Å². The SMILES string of the molecule is CC(NC(=O)[C@@H](N)Cc1ccccc1)C(=O)OC[C@H](COc1ccc(-c2c(C#N)c(N)nc(SCc3coc(-c4ccc(Cl)cc4)n3)c2C#N)cc1)OC(=O)C(C)NC(=O)[C@@H](N)Cc1ccccc1. The van der Waals surface area contributed by atoms with Crippen LogP contribution in [-0.4, -0.2) is 77.2 Å². The Balaban J connectivity index is 1.13. The Labute approximate surface area is 407 Å². The smallest absolute Gasteiger partial charge is 0.328 e. The predicted octanol–water partition coefficient (Wildman–Crippen LogP) is 5.66. The van der Waals surface area contributed by atoms with Crippen LogP contribution >= 0.6 is 23.4 Å². The highest BCUT2D eigenvalue weighted by Gasteiger charge is 2.28. The molecule has 0 aliphatic rings. The number of rotatable bonds is 21. The number of halogens is 1. The number of nitrogens with one attached hydrogen (secondary N) is 2. The Hall–Kier alpha value is -7.74. The zero-order valence-electron chi connectivity index (χ0n) is 37.5. The summed E-state index contributed by atoms with van der Waals surface area (Å²) in [4.78, 5) is 61.2. The second kappa shape index (κ2) is 24.3. The van der Waals surface area contributed by atoms with Crippen LogP contribution in [0.5, 0.6) is 5.75 Å². The number of ether oxygens (including phenoxy) is 3. The van der Waals surface area contributed by atoms with E-state index in [1.165, 1.54) is 31.9 Å². The van der Waals surface area contributed by atoms with Crippen molar-refractivity contribution in [2.75, 3.05) is 18.9 Å². The molecule has 19 heteroatoms. The molecule has 0 saturated heterocycles. The summed E-state index contributed by atoms with van der Waals surface area (Å²) in [5.74, 6) is -2.03. The van der Waals surface area contributed by atoms with Crippen LogP contribution in [0.25, 0.3) is 22.6 Å². The van der Waals surface area contributed by atoms with Gasteiger partial charge in [0.25, 0.3) is 0 Å². The molecule has 6 aromatic rings. The number of amides is 2. The summed E-state index contributed by atoms with van der Waals surface area (Å²) in [6, 6.07) is 31.7. The van der Waals surface area contributed by atoms with Crippen molar-refractivity contribution in [3.8, 4) is 40.5 Å². The first-order valence-corrected chi connectivity index (χ1v) is 22.9. The standard InChI is InChI=1S/C50H48ClN9O8S/c1-29(57-45(61)41(54)21-31-9-5-3-6-10-31)49(63)67-27-38(68-50(64)30(2)58-46(62)42(55)22-32-11-7-4-8-12-32)26-65-37-19-15-33(16-20-37)43-39(23-52)44(56)60-48(40(43)24-53)69-28-36-25-66-47(59-36)34-13-17-35(51)18-14-34/h3-20,25,29-30,38,41-42H,21-22,26-28,54-55H2,1-2H3,(H2,56,60)(H,57,61)(H,58,62)/t29?,30?,38-,41-,42-/m0/s1. The lowest BCUT2D eigenvalue weighted by atomic mass is 9.97. The highest BCUT2D eigenvalue weighted by molar-refractivity contribution is 7.98. The minimum Gasteiger partial charge on any atom is -0.490 e. The van der Waals surface area contributed by atoms with E-state index >= 15 is 0 Å². The molecule has 0 spiro atoms. The van der Waals surface area contributed by atoms with Crippen LogP contribution in [0.4, 0.5) is 5.82 Å². The van der Waals surface area contributed by atoms with Gasteiger partial charge in [0.1, 0.15) is 65.9 Å². The van der Waals surface area contributed by atoms with Gasteiger partial charge in [-0.1, -0.05) is 96.2 Å². The lowest BCUT2D eigenvalue weighted by molar-refractivity contribution is -0.163. The number of nitrogen functional groups attached to an aromatic ring is 1. The van der Waals surface area contributed by atoms with Crippen LogP contribution in [0, 0.1) is 22.7 Å². The Morgan fingerprint density at radius 2 is 1.29 bits per heavy atom. The quantitative estimate of drug-likeness (QED) is 0.0430. The van der Waals surface area contributed by atoms with Crippen LogP contribution in [0.3, 0.4) is 0 Å². The molecule has 8 N–H and O–H groups in total. The molecule has 0 aliphatic carbocycles. The van der Waals surface area contributed by atoms with Gasteiger partial charge in [-0.3, -0.25) is 9.59 Å². The van der Waals surface area contributed by atoms with E-state index in [-0.39, 0.29) is 58.5 Å². The van der Waals surface area contributed by atoms with Gasteiger partial charge < -0.3 is 46.5 Å². The second-order valence-electron chi connectivity index (χ2n) is 15.7. The molecule has 0 aliphatic heterocycles. The van der Waals surface area contributed by atoms with Crippen LogP contribution in [0.2, 0.25) is 5.02 Å². The molecular formula is C50H48ClN9O8S. The third kappa shape index (κ3) is 14.1. The van der Waals surface area contributed by atoms with Crippen LogP contribution in [0.1, 0.15) is 41.8 Å². The van der Waals surface area contributed by atoms with Crippen LogP contribution in [0.15, 0.2) is 125 Å². The fourth-order valence-corrected chi connectivity index (χ4v) is 7.70. The number of nitriles is 2. The average Bonchev–Trinajstić information content (AvgIpc) is 3.83. The van der Waals surface area contributed by atoms with E-state index in [4.69, 9.17) is 47.4 Å². The van der Waals surface area contributed by atoms with Crippen molar-refractivity contribution >= 4 is 52.9 Å². The van der Waals surface area contributed by atoms with Crippen molar-refractivity contribution in [3.63, 3.8) is 0 Å². The molecule has 0 saturated carbocycles. The molecule has 2 unspecified atom stereocenters. The molecule has 69 heavy (non-hydrogen) atoms. The van der Waals surface area contributed by atoms with E-state index in [0.29, 0.717) is 22.2 Å². The third-order valence-electron chi connectivity index (χ3n) is 10.4. The first-order valence-electron chi connectivity index (χ1n) is 21.5. The van der Waals surface area contributed by atoms with Crippen LogP contribution in [-0.2, 0) is 47.2 Å². The number of anilines is 1. The zero-order valence-corrected chi connectivity index (χ0v) is 39.0. The number of hydrogen-bond acceptors (Lipinski definition) is 16. The van der Waals surface area contributed by atoms with E-state index in [9.17, 15) is 29.7 Å². The Morgan fingerprint density at radius 1 is 0.739 bits per heavy atom. The van der Waals surface area contributed by atoms with Gasteiger partial charge in [0.05, 0.1) is 23.3 Å². The Bertz CT molecular complexity index is 2820. The number of benzene rings is 4. The van der Waals surface area contributed by atoms with Gasteiger partial charge in [-0.05, 0) is 79.8 Å². The summed E-state index contributed by atoms with van der Waals surface area (Å²) >= 11 is 7.21. The number of nitrogens with two attached hydrogens (primary N) is 3. The molecule has 2 heterocycles. The van der Waals surface area contributed by atoms with Crippen molar-refractivity contribution in [1.82, 2.24) is 20.6 Å². The first-order chi connectivity index (χ1) is 33.2. The molecule has 0 radical (unpaired) electrons. The van der Waals surface area contributed by atoms with Gasteiger partial charge in [-0.2, -0.15) is 10.5 Å². The number of thioether (sulfide) groups is 1. The van der Waals surface area contributed by atoms with E-state index in [1.54, 1.807) is 48.5 Å². The van der Waals surface area contributed by atoms with E-state index < -0.39 is 60.6 Å². The summed E-state index contributed by atoms with van der Waals surface area (Å²) in [6.45, 7) is 2.00. The van der Waals surface area contributed by atoms with Crippen molar-refractivity contribution in [2.24, 2.45) is 11.5 Å². The molecule has 2 amide bonds. The van der Waals surface area contributed by atoms with Gasteiger partial charge in [0.2, 0.25) is 17.7 Å². The molecule has 2 aromatic heterocycles. The number of carbonyl (C=O) groups is 4. The van der Waals surface area contributed by atoms with Gasteiger partial charge >= 0.3 is 11.9 Å². The highest BCUT2D eigenvalue weighted by Crippen LogP contribution is 2.37. The normalized spacial score (nSPS) is 13.0. The monoisotopic (exact) mass is 969 g/mol. The van der Waals surface area contributed by atoms with E-state index in [1.807, 2.05) is 60.7 Å². The number of hydrogen-bond donors (Lipinski definition) is 5. The lowest BCUT2D eigenvalue weighted by Crippen LogP contribution is -2.50. The molecular weight excluding hydrogens is 922 g/mol. The summed E-state index contributed by atoms with van der Waals surface area (Å²) in [5, 5.41) is 26.5. The lowest BCUT2D eigenvalue weighted by Gasteiger charge is -2.23.